The van der Waals surface area contributed by atoms with Crippen LogP contribution in [-0.2, 0) is 6.42 Å². The summed E-state index contributed by atoms with van der Waals surface area (Å²) in [5.74, 6) is 0.682. The Bertz CT molecular complexity index is 513. The van der Waals surface area contributed by atoms with E-state index in [1.807, 2.05) is 18.2 Å². The SMILES string of the molecule is CC1CCCCC1(CN)N1CCc2ccccc2C1=O. The molecule has 2 unspecified atom stereocenters. The summed E-state index contributed by atoms with van der Waals surface area (Å²) in [5, 5.41) is 0. The van der Waals surface area contributed by atoms with E-state index in [-0.39, 0.29) is 11.4 Å². The Labute approximate surface area is 121 Å². The van der Waals surface area contributed by atoms with Crippen LogP contribution in [-0.4, -0.2) is 29.4 Å². The van der Waals surface area contributed by atoms with Gasteiger partial charge in [0.2, 0.25) is 0 Å². The number of hydrogen-bond acceptors (Lipinski definition) is 2. The molecular weight excluding hydrogens is 248 g/mol. The molecule has 1 heterocycles. The number of carbonyl (C=O) groups is 1. The van der Waals surface area contributed by atoms with Crippen LogP contribution in [0.1, 0.15) is 48.5 Å². The maximum absolute atomic E-state index is 12.9. The molecule has 20 heavy (non-hydrogen) atoms. The average Bonchev–Trinajstić information content (AvgIpc) is 2.49. The molecule has 3 nitrogen and oxygen atoms in total. The molecule has 1 aliphatic carbocycles. The largest absolute Gasteiger partial charge is 0.331 e. The average molecular weight is 272 g/mol. The molecule has 0 spiro atoms. The van der Waals surface area contributed by atoms with Gasteiger partial charge in [-0.1, -0.05) is 38.0 Å². The Balaban J connectivity index is 1.96. The van der Waals surface area contributed by atoms with Crippen LogP contribution in [0, 0.1) is 5.92 Å². The molecule has 0 radical (unpaired) electrons. The fourth-order valence-electron chi connectivity index (χ4n) is 4.06. The third-order valence-electron chi connectivity index (χ3n) is 5.40. The van der Waals surface area contributed by atoms with Crippen molar-refractivity contribution in [2.45, 2.75) is 44.6 Å². The van der Waals surface area contributed by atoms with Crippen LogP contribution < -0.4 is 5.73 Å². The maximum Gasteiger partial charge on any atom is 0.254 e. The number of carbonyl (C=O) groups excluding carboxylic acids is 1. The van der Waals surface area contributed by atoms with Gasteiger partial charge in [0.15, 0.2) is 0 Å². The quantitative estimate of drug-likeness (QED) is 0.899. The number of hydrogen-bond donors (Lipinski definition) is 1. The number of rotatable bonds is 2. The first kappa shape index (κ1) is 13.6. The first-order valence-electron chi connectivity index (χ1n) is 7.79. The molecule has 2 N–H and O–H groups in total. The van der Waals surface area contributed by atoms with Gasteiger partial charge in [0.1, 0.15) is 0 Å². The normalized spacial score (nSPS) is 30.2. The van der Waals surface area contributed by atoms with E-state index in [0.717, 1.165) is 24.9 Å². The van der Waals surface area contributed by atoms with Gasteiger partial charge in [-0.05, 0) is 36.8 Å². The second-order valence-corrected chi connectivity index (χ2v) is 6.32. The smallest absolute Gasteiger partial charge is 0.254 e. The molecule has 0 saturated heterocycles. The molecule has 3 rings (SSSR count). The van der Waals surface area contributed by atoms with Gasteiger partial charge in [0.25, 0.3) is 5.91 Å². The number of nitrogens with two attached hydrogens (primary N) is 1. The van der Waals surface area contributed by atoms with Crippen LogP contribution in [0.4, 0.5) is 0 Å². The Kier molecular flexibility index (Phi) is 3.55. The van der Waals surface area contributed by atoms with E-state index in [0.29, 0.717) is 12.5 Å². The standard InChI is InChI=1S/C17H24N2O/c1-13-6-4-5-10-17(13,12-18)19-11-9-14-7-2-3-8-15(14)16(19)20/h2-3,7-8,13H,4-6,9-12,18H2,1H3. The minimum absolute atomic E-state index is 0.122. The van der Waals surface area contributed by atoms with Gasteiger partial charge in [-0.3, -0.25) is 4.79 Å². The van der Waals surface area contributed by atoms with E-state index in [1.165, 1.54) is 24.8 Å². The molecule has 1 aliphatic heterocycles. The summed E-state index contributed by atoms with van der Waals surface area (Å²) in [6.45, 7) is 3.67. The molecular formula is C17H24N2O. The Hall–Kier alpha value is -1.35. The Morgan fingerprint density at radius 3 is 2.90 bits per heavy atom. The van der Waals surface area contributed by atoms with Crippen LogP contribution in [0.25, 0.3) is 0 Å². The maximum atomic E-state index is 12.9. The highest BCUT2D eigenvalue weighted by atomic mass is 16.2. The molecule has 0 aromatic heterocycles. The third kappa shape index (κ3) is 1.96. The summed E-state index contributed by atoms with van der Waals surface area (Å²) in [7, 11) is 0. The van der Waals surface area contributed by atoms with Gasteiger partial charge in [-0.25, -0.2) is 0 Å². The molecule has 1 saturated carbocycles. The lowest BCUT2D eigenvalue weighted by Gasteiger charge is -2.51. The molecule has 1 fully saturated rings. The fourth-order valence-corrected chi connectivity index (χ4v) is 4.06. The van der Waals surface area contributed by atoms with Crippen LogP contribution >= 0.6 is 0 Å². The highest BCUT2D eigenvalue weighted by molar-refractivity contribution is 5.97. The van der Waals surface area contributed by atoms with E-state index in [2.05, 4.69) is 17.9 Å². The second kappa shape index (κ2) is 5.21. The first-order valence-corrected chi connectivity index (χ1v) is 7.79. The zero-order valence-electron chi connectivity index (χ0n) is 12.3. The van der Waals surface area contributed by atoms with E-state index in [9.17, 15) is 4.79 Å². The number of amides is 1. The third-order valence-corrected chi connectivity index (χ3v) is 5.40. The summed E-state index contributed by atoms with van der Waals surface area (Å²) < 4.78 is 0. The lowest BCUT2D eigenvalue weighted by atomic mass is 9.71. The van der Waals surface area contributed by atoms with Gasteiger partial charge in [-0.2, -0.15) is 0 Å². The highest BCUT2D eigenvalue weighted by Gasteiger charge is 2.45. The van der Waals surface area contributed by atoms with Crippen molar-refractivity contribution >= 4 is 5.91 Å². The van der Waals surface area contributed by atoms with Crippen molar-refractivity contribution < 1.29 is 4.79 Å². The minimum atomic E-state index is -0.122. The van der Waals surface area contributed by atoms with E-state index in [4.69, 9.17) is 5.73 Å². The van der Waals surface area contributed by atoms with Crippen LogP contribution in [0.15, 0.2) is 24.3 Å². The molecule has 0 bridgehead atoms. The molecule has 3 heteroatoms. The molecule has 2 aliphatic rings. The zero-order valence-corrected chi connectivity index (χ0v) is 12.3. The molecule has 1 aromatic rings. The molecule has 1 amide bonds. The van der Waals surface area contributed by atoms with Crippen molar-refractivity contribution in [1.82, 2.24) is 4.90 Å². The minimum Gasteiger partial charge on any atom is -0.331 e. The summed E-state index contributed by atoms with van der Waals surface area (Å²) in [4.78, 5) is 15.0. The molecule has 1 aromatic carbocycles. The Morgan fingerprint density at radius 1 is 1.35 bits per heavy atom. The van der Waals surface area contributed by atoms with Gasteiger partial charge in [-0.15, -0.1) is 0 Å². The predicted octanol–water partition coefficient (Wildman–Crippen LogP) is 2.59. The van der Waals surface area contributed by atoms with E-state index in [1.54, 1.807) is 0 Å². The number of benzene rings is 1. The zero-order chi connectivity index (χ0) is 14.2. The highest BCUT2D eigenvalue weighted by Crippen LogP contribution is 2.40. The van der Waals surface area contributed by atoms with Crippen molar-refractivity contribution in [2.75, 3.05) is 13.1 Å². The van der Waals surface area contributed by atoms with Gasteiger partial charge in [0, 0.05) is 18.7 Å². The summed E-state index contributed by atoms with van der Waals surface area (Å²) in [6, 6.07) is 8.01. The van der Waals surface area contributed by atoms with Crippen LogP contribution in [0.2, 0.25) is 0 Å². The second-order valence-electron chi connectivity index (χ2n) is 6.32. The lowest BCUT2D eigenvalue weighted by Crippen LogP contribution is -2.62. The number of fused-ring (bicyclic) bond motifs is 1. The van der Waals surface area contributed by atoms with Crippen LogP contribution in [0.3, 0.4) is 0 Å². The van der Waals surface area contributed by atoms with Gasteiger partial charge < -0.3 is 10.6 Å². The summed E-state index contributed by atoms with van der Waals surface area (Å²) >= 11 is 0. The molecule has 2 atom stereocenters. The van der Waals surface area contributed by atoms with Crippen molar-refractivity contribution in [1.29, 1.82) is 0 Å². The van der Waals surface area contributed by atoms with Crippen molar-refractivity contribution in [3.8, 4) is 0 Å². The lowest BCUT2D eigenvalue weighted by molar-refractivity contribution is 0.0114. The first-order chi connectivity index (χ1) is 9.69. The molecule has 108 valence electrons. The Morgan fingerprint density at radius 2 is 2.15 bits per heavy atom. The summed E-state index contributed by atoms with van der Waals surface area (Å²) in [5.41, 5.74) is 8.09. The van der Waals surface area contributed by atoms with Crippen LogP contribution in [0.5, 0.6) is 0 Å². The fraction of sp³-hybridized carbons (Fsp3) is 0.588. The predicted molar refractivity (Wildman–Crippen MR) is 80.6 cm³/mol. The van der Waals surface area contributed by atoms with Gasteiger partial charge >= 0.3 is 0 Å². The van der Waals surface area contributed by atoms with E-state index < -0.39 is 0 Å². The van der Waals surface area contributed by atoms with Gasteiger partial charge in [0.05, 0.1) is 5.54 Å². The monoisotopic (exact) mass is 272 g/mol. The summed E-state index contributed by atoms with van der Waals surface area (Å²) in [6.07, 6.45) is 5.64. The topological polar surface area (TPSA) is 46.3 Å². The van der Waals surface area contributed by atoms with Crippen molar-refractivity contribution in [3.63, 3.8) is 0 Å². The van der Waals surface area contributed by atoms with E-state index >= 15 is 0 Å². The van der Waals surface area contributed by atoms with Crippen molar-refractivity contribution in [3.05, 3.63) is 35.4 Å². The van der Waals surface area contributed by atoms with Crippen molar-refractivity contribution in [2.24, 2.45) is 11.7 Å². The number of nitrogens with zero attached hydrogens (tertiary/aromatic N) is 1.